The maximum absolute atomic E-state index is 14.8. The van der Waals surface area contributed by atoms with Crippen molar-refractivity contribution in [3.8, 4) is 40.4 Å². The van der Waals surface area contributed by atoms with Crippen LogP contribution in [0.1, 0.15) is 6.42 Å². The van der Waals surface area contributed by atoms with Gasteiger partial charge in [0.15, 0.2) is 22.5 Å². The highest BCUT2D eigenvalue weighted by molar-refractivity contribution is 7.99. The van der Waals surface area contributed by atoms with Gasteiger partial charge >= 0.3 is 0 Å². The van der Waals surface area contributed by atoms with Gasteiger partial charge in [0.25, 0.3) is 0 Å². The average Bonchev–Trinajstić information content (AvgIpc) is 3.25. The molecule has 172 valence electrons. The minimum atomic E-state index is -0.480. The molecule has 1 aromatic heterocycles. The zero-order valence-electron chi connectivity index (χ0n) is 18.3. The van der Waals surface area contributed by atoms with E-state index in [1.807, 2.05) is 6.07 Å². The Bertz CT molecular complexity index is 1150. The number of nitrogens with zero attached hydrogens (tertiary/aromatic N) is 4. The molecule has 1 amide bonds. The maximum Gasteiger partial charge on any atom is 0.230 e. The molecule has 3 rings (SSSR count). The molecular weight excluding hydrogens is 449 g/mol. The van der Waals surface area contributed by atoms with E-state index >= 15 is 0 Å². The van der Waals surface area contributed by atoms with Crippen LogP contribution in [0.25, 0.3) is 17.1 Å². The van der Waals surface area contributed by atoms with E-state index in [4.69, 9.17) is 19.5 Å². The van der Waals surface area contributed by atoms with Gasteiger partial charge in [-0.1, -0.05) is 23.9 Å². The van der Waals surface area contributed by atoms with E-state index < -0.39 is 5.82 Å². The Labute approximate surface area is 194 Å². The maximum atomic E-state index is 14.8. The van der Waals surface area contributed by atoms with Crippen LogP contribution in [-0.4, -0.2) is 54.3 Å². The van der Waals surface area contributed by atoms with Crippen molar-refractivity contribution in [3.63, 3.8) is 0 Å². The number of methoxy groups -OCH3 is 3. The molecule has 0 radical (unpaired) electrons. The number of hydrogen-bond acceptors (Lipinski definition) is 8. The van der Waals surface area contributed by atoms with Crippen molar-refractivity contribution in [2.45, 2.75) is 11.6 Å². The number of amides is 1. The monoisotopic (exact) mass is 471 g/mol. The number of para-hydroxylation sites is 1. The minimum Gasteiger partial charge on any atom is -0.493 e. The second-order valence-electron chi connectivity index (χ2n) is 6.55. The van der Waals surface area contributed by atoms with Crippen molar-refractivity contribution in [1.82, 2.24) is 20.1 Å². The summed E-state index contributed by atoms with van der Waals surface area (Å²) in [6.07, 6.45) is 0.215. The van der Waals surface area contributed by atoms with Gasteiger partial charge in [-0.3, -0.25) is 9.36 Å². The second kappa shape index (κ2) is 11.2. The predicted molar refractivity (Wildman–Crippen MR) is 120 cm³/mol. The Morgan fingerprint density at radius 1 is 1.15 bits per heavy atom. The number of nitriles is 1. The fourth-order valence-electron chi connectivity index (χ4n) is 3.05. The molecule has 11 heteroatoms. The Hall–Kier alpha value is -3.78. The van der Waals surface area contributed by atoms with Crippen LogP contribution in [0.5, 0.6) is 17.2 Å². The lowest BCUT2D eigenvalue weighted by Gasteiger charge is -2.15. The van der Waals surface area contributed by atoms with E-state index in [1.54, 1.807) is 30.3 Å². The first-order valence-corrected chi connectivity index (χ1v) is 10.8. The Morgan fingerprint density at radius 2 is 1.85 bits per heavy atom. The summed E-state index contributed by atoms with van der Waals surface area (Å²) in [7, 11) is 4.49. The van der Waals surface area contributed by atoms with Crippen molar-refractivity contribution in [3.05, 3.63) is 42.2 Å². The molecule has 0 spiro atoms. The molecule has 1 heterocycles. The first kappa shape index (κ1) is 23.9. The quantitative estimate of drug-likeness (QED) is 0.354. The number of rotatable bonds is 10. The molecule has 0 bridgehead atoms. The first-order chi connectivity index (χ1) is 16.0. The van der Waals surface area contributed by atoms with E-state index in [2.05, 4.69) is 15.5 Å². The topological polar surface area (TPSA) is 111 Å². The van der Waals surface area contributed by atoms with Crippen LogP contribution >= 0.6 is 11.8 Å². The van der Waals surface area contributed by atoms with E-state index in [-0.39, 0.29) is 30.3 Å². The van der Waals surface area contributed by atoms with Crippen LogP contribution in [0.15, 0.2) is 41.6 Å². The number of aromatic nitrogens is 3. The number of ether oxygens (including phenoxy) is 3. The molecule has 0 unspecified atom stereocenters. The van der Waals surface area contributed by atoms with E-state index in [0.29, 0.717) is 33.8 Å². The molecule has 0 saturated carbocycles. The molecular formula is C22H22FN5O4S. The highest BCUT2D eigenvalue weighted by Crippen LogP contribution is 2.41. The highest BCUT2D eigenvalue weighted by Gasteiger charge is 2.22. The summed E-state index contributed by atoms with van der Waals surface area (Å²) in [6, 6.07) is 11.5. The number of halogens is 1. The van der Waals surface area contributed by atoms with Crippen LogP contribution < -0.4 is 19.5 Å². The normalized spacial score (nSPS) is 10.4. The Morgan fingerprint density at radius 3 is 2.45 bits per heavy atom. The van der Waals surface area contributed by atoms with Crippen molar-refractivity contribution in [2.24, 2.45) is 0 Å². The number of carbonyl (C=O) groups is 1. The zero-order valence-corrected chi connectivity index (χ0v) is 19.1. The average molecular weight is 472 g/mol. The van der Waals surface area contributed by atoms with Crippen LogP contribution in [-0.2, 0) is 4.79 Å². The fraction of sp³-hybridized carbons (Fsp3) is 0.273. The number of benzene rings is 2. The molecule has 33 heavy (non-hydrogen) atoms. The van der Waals surface area contributed by atoms with Gasteiger partial charge in [0.2, 0.25) is 11.7 Å². The summed E-state index contributed by atoms with van der Waals surface area (Å²) in [5.74, 6) is 0.810. The molecule has 0 atom stereocenters. The number of thioether (sulfide) groups is 1. The largest absolute Gasteiger partial charge is 0.493 e. The highest BCUT2D eigenvalue weighted by atomic mass is 32.2. The lowest BCUT2D eigenvalue weighted by molar-refractivity contribution is -0.118. The van der Waals surface area contributed by atoms with Crippen molar-refractivity contribution >= 4 is 17.7 Å². The van der Waals surface area contributed by atoms with Gasteiger partial charge < -0.3 is 19.5 Å². The summed E-state index contributed by atoms with van der Waals surface area (Å²) >= 11 is 1.10. The summed E-state index contributed by atoms with van der Waals surface area (Å²) in [5.41, 5.74) is 0.768. The van der Waals surface area contributed by atoms with Crippen molar-refractivity contribution in [2.75, 3.05) is 33.6 Å². The Balaban J connectivity index is 2.06. The number of hydrogen-bond donors (Lipinski definition) is 1. The van der Waals surface area contributed by atoms with Gasteiger partial charge in [0, 0.05) is 12.1 Å². The third-order valence-electron chi connectivity index (χ3n) is 4.54. The fourth-order valence-corrected chi connectivity index (χ4v) is 3.82. The first-order valence-electron chi connectivity index (χ1n) is 9.81. The van der Waals surface area contributed by atoms with E-state index in [1.165, 1.54) is 32.0 Å². The van der Waals surface area contributed by atoms with Gasteiger partial charge in [-0.15, -0.1) is 10.2 Å². The van der Waals surface area contributed by atoms with Gasteiger partial charge in [-0.2, -0.15) is 5.26 Å². The standard InChI is InChI=1S/C22H22FN5O4S/c1-30-17-11-14(12-18(31-2)20(17)32-3)21-26-27-22(33-13-19(29)25-10-6-9-24)28(21)16-8-5-4-7-15(16)23/h4-5,7-8,11-12H,6,10,13H2,1-3H3,(H,25,29). The van der Waals surface area contributed by atoms with Gasteiger partial charge in [0.05, 0.1) is 45.3 Å². The molecule has 0 fully saturated rings. The third kappa shape index (κ3) is 5.35. The number of nitrogens with one attached hydrogen (secondary N) is 1. The minimum absolute atomic E-state index is 0.0211. The van der Waals surface area contributed by atoms with E-state index in [9.17, 15) is 9.18 Å². The summed E-state index contributed by atoms with van der Waals surface area (Å²) in [5, 5.41) is 20.0. The molecule has 3 aromatic rings. The van der Waals surface area contributed by atoms with Crippen LogP contribution in [0, 0.1) is 17.1 Å². The predicted octanol–water partition coefficient (Wildman–Crippen LogP) is 3.22. The van der Waals surface area contributed by atoms with Gasteiger partial charge in [-0.25, -0.2) is 4.39 Å². The van der Waals surface area contributed by atoms with E-state index in [0.717, 1.165) is 11.8 Å². The van der Waals surface area contributed by atoms with Crippen molar-refractivity contribution in [1.29, 1.82) is 5.26 Å². The lowest BCUT2D eigenvalue weighted by Crippen LogP contribution is -2.26. The van der Waals surface area contributed by atoms with Crippen molar-refractivity contribution < 1.29 is 23.4 Å². The SMILES string of the molecule is COc1cc(-c2nnc(SCC(=O)NCCC#N)n2-c2ccccc2F)cc(OC)c1OC. The Kier molecular flexibility index (Phi) is 8.10. The van der Waals surface area contributed by atoms with Gasteiger partial charge in [-0.05, 0) is 24.3 Å². The zero-order chi connectivity index (χ0) is 23.8. The second-order valence-corrected chi connectivity index (χ2v) is 7.50. The van der Waals surface area contributed by atoms with Gasteiger partial charge in [0.1, 0.15) is 5.82 Å². The van der Waals surface area contributed by atoms with Crippen LogP contribution in [0.2, 0.25) is 0 Å². The molecule has 2 aromatic carbocycles. The summed E-state index contributed by atoms with van der Waals surface area (Å²) < 4.78 is 32.5. The molecule has 1 N–H and O–H groups in total. The third-order valence-corrected chi connectivity index (χ3v) is 5.47. The smallest absolute Gasteiger partial charge is 0.230 e. The van der Waals surface area contributed by atoms with Crippen LogP contribution in [0.3, 0.4) is 0 Å². The molecule has 0 aliphatic carbocycles. The molecule has 0 saturated heterocycles. The molecule has 9 nitrogen and oxygen atoms in total. The molecule has 0 aliphatic heterocycles. The summed E-state index contributed by atoms with van der Waals surface area (Å²) in [4.78, 5) is 12.1. The number of carbonyl (C=O) groups excluding carboxylic acids is 1. The lowest BCUT2D eigenvalue weighted by atomic mass is 10.1. The molecule has 0 aliphatic rings. The van der Waals surface area contributed by atoms with Crippen LogP contribution in [0.4, 0.5) is 4.39 Å². The summed E-state index contributed by atoms with van der Waals surface area (Å²) in [6.45, 7) is 0.257.